The quantitative estimate of drug-likeness (QED) is 0.648. The lowest BCUT2D eigenvalue weighted by atomic mass is 10.0. The first kappa shape index (κ1) is 21.5. The number of nitrogens with zero attached hydrogens (tertiary/aromatic N) is 1. The molecule has 1 aliphatic rings. The van der Waals surface area contributed by atoms with E-state index >= 15 is 0 Å². The van der Waals surface area contributed by atoms with Gasteiger partial charge in [-0.25, -0.2) is 14.4 Å². The van der Waals surface area contributed by atoms with Gasteiger partial charge in [0.2, 0.25) is 0 Å². The Bertz CT molecular complexity index is 653. The van der Waals surface area contributed by atoms with Crippen LogP contribution < -0.4 is 5.32 Å². The summed E-state index contributed by atoms with van der Waals surface area (Å²) >= 11 is 0. The number of ether oxygens (including phenoxy) is 3. The molecule has 0 saturated carbocycles. The number of nitrogens with one attached hydrogen (secondary N) is 1. The van der Waals surface area contributed by atoms with Gasteiger partial charge >= 0.3 is 18.2 Å². The van der Waals surface area contributed by atoms with Crippen molar-refractivity contribution in [2.75, 3.05) is 26.9 Å². The lowest BCUT2D eigenvalue weighted by Gasteiger charge is -2.33. The number of esters is 1. The Morgan fingerprint density at radius 2 is 2.00 bits per heavy atom. The van der Waals surface area contributed by atoms with Crippen molar-refractivity contribution in [3.8, 4) is 0 Å². The summed E-state index contributed by atoms with van der Waals surface area (Å²) in [5, 5.41) is 11.7. The van der Waals surface area contributed by atoms with Gasteiger partial charge in [0.15, 0.2) is 6.04 Å². The number of amides is 2. The van der Waals surface area contributed by atoms with E-state index in [9.17, 15) is 19.5 Å². The van der Waals surface area contributed by atoms with Crippen LogP contribution in [0.2, 0.25) is 0 Å². The van der Waals surface area contributed by atoms with E-state index in [1.165, 1.54) is 12.0 Å². The smallest absolute Gasteiger partial charge is 0.408 e. The fourth-order valence-corrected chi connectivity index (χ4v) is 2.97. The van der Waals surface area contributed by atoms with E-state index in [2.05, 4.69) is 10.1 Å². The van der Waals surface area contributed by atoms with Crippen LogP contribution in [0.15, 0.2) is 30.3 Å². The Morgan fingerprint density at radius 1 is 1.25 bits per heavy atom. The van der Waals surface area contributed by atoms with Crippen molar-refractivity contribution in [2.45, 2.75) is 38.0 Å². The second-order valence-electron chi connectivity index (χ2n) is 6.44. The van der Waals surface area contributed by atoms with E-state index in [1.807, 2.05) is 30.3 Å². The van der Waals surface area contributed by atoms with Crippen molar-refractivity contribution < 1.29 is 33.7 Å². The Balaban J connectivity index is 1.81. The lowest BCUT2D eigenvalue weighted by molar-refractivity contribution is -0.144. The molecule has 1 saturated heterocycles. The zero-order valence-corrected chi connectivity index (χ0v) is 15.8. The van der Waals surface area contributed by atoms with Crippen LogP contribution in [-0.2, 0) is 25.6 Å². The molecule has 2 N–H and O–H groups in total. The number of carboxylic acid groups (broad SMARTS) is 1. The molecule has 1 heterocycles. The van der Waals surface area contributed by atoms with Gasteiger partial charge in [-0.2, -0.15) is 0 Å². The molecule has 28 heavy (non-hydrogen) atoms. The number of hydrogen-bond donors (Lipinski definition) is 2. The van der Waals surface area contributed by atoms with E-state index in [1.54, 1.807) is 0 Å². The molecule has 1 aromatic carbocycles. The molecule has 1 aromatic rings. The average molecular weight is 394 g/mol. The number of rotatable bonds is 8. The number of alkyl carbamates (subject to hydrolysis) is 1. The van der Waals surface area contributed by atoms with Crippen molar-refractivity contribution in [2.24, 2.45) is 0 Å². The number of likely N-dealkylation sites (tertiary alicyclic amines) is 1. The van der Waals surface area contributed by atoms with E-state index in [4.69, 9.17) is 9.47 Å². The summed E-state index contributed by atoms with van der Waals surface area (Å²) in [5.74, 6) is -0.671. The lowest BCUT2D eigenvalue weighted by Crippen LogP contribution is -2.48. The van der Waals surface area contributed by atoms with Crippen LogP contribution in [-0.4, -0.2) is 67.1 Å². The third kappa shape index (κ3) is 6.73. The molecule has 2 amide bonds. The molecule has 154 valence electrons. The molecule has 2 unspecified atom stereocenters. The van der Waals surface area contributed by atoms with Crippen LogP contribution in [0.5, 0.6) is 0 Å². The summed E-state index contributed by atoms with van der Waals surface area (Å²) in [7, 11) is 1.21. The highest BCUT2D eigenvalue weighted by Gasteiger charge is 2.28. The van der Waals surface area contributed by atoms with Crippen LogP contribution in [0, 0.1) is 0 Å². The van der Waals surface area contributed by atoms with Crippen LogP contribution in [0.3, 0.4) is 0 Å². The molecular formula is C19H26N2O7. The number of piperidine rings is 1. The third-order valence-corrected chi connectivity index (χ3v) is 4.46. The first-order valence-electron chi connectivity index (χ1n) is 9.13. The summed E-state index contributed by atoms with van der Waals surface area (Å²) in [6.07, 6.45) is 0.681. The Hall–Kier alpha value is -2.81. The molecule has 9 nitrogen and oxygen atoms in total. The Labute approximate surface area is 163 Å². The molecule has 0 aromatic heterocycles. The van der Waals surface area contributed by atoms with Gasteiger partial charge in [0.05, 0.1) is 26.4 Å². The van der Waals surface area contributed by atoms with Gasteiger partial charge in [-0.1, -0.05) is 30.3 Å². The predicted molar refractivity (Wildman–Crippen MR) is 98.8 cm³/mol. The zero-order chi connectivity index (χ0) is 20.4. The second-order valence-corrected chi connectivity index (χ2v) is 6.44. The summed E-state index contributed by atoms with van der Waals surface area (Å²) in [4.78, 5) is 36.5. The van der Waals surface area contributed by atoms with Gasteiger partial charge in [0.25, 0.3) is 0 Å². The molecule has 0 spiro atoms. The number of hydrogen-bond acceptors (Lipinski definition) is 6. The highest BCUT2D eigenvalue weighted by atomic mass is 16.6. The van der Waals surface area contributed by atoms with Gasteiger partial charge < -0.3 is 29.5 Å². The maximum Gasteiger partial charge on any atom is 0.408 e. The fraction of sp³-hybridized carbons (Fsp3) is 0.526. The molecule has 0 radical (unpaired) electrons. The van der Waals surface area contributed by atoms with Crippen molar-refractivity contribution in [3.05, 3.63) is 35.9 Å². The molecule has 0 bridgehead atoms. The molecule has 2 atom stereocenters. The van der Waals surface area contributed by atoms with Crippen LogP contribution in [0.4, 0.5) is 9.59 Å². The van der Waals surface area contributed by atoms with Crippen LogP contribution >= 0.6 is 0 Å². The monoisotopic (exact) mass is 394 g/mol. The molecule has 1 aliphatic heterocycles. The normalized spacial score (nSPS) is 17.5. The van der Waals surface area contributed by atoms with E-state index in [-0.39, 0.29) is 25.9 Å². The van der Waals surface area contributed by atoms with Gasteiger partial charge in [0, 0.05) is 6.54 Å². The maximum absolute atomic E-state index is 12.0. The minimum atomic E-state index is -1.05. The Morgan fingerprint density at radius 3 is 2.68 bits per heavy atom. The van der Waals surface area contributed by atoms with E-state index in [0.29, 0.717) is 13.0 Å². The van der Waals surface area contributed by atoms with Gasteiger partial charge in [0.1, 0.15) is 6.61 Å². The largest absolute Gasteiger partial charge is 0.467 e. The van der Waals surface area contributed by atoms with Gasteiger partial charge in [-0.15, -0.1) is 0 Å². The summed E-state index contributed by atoms with van der Waals surface area (Å²) in [6.45, 7) is 0.530. The summed E-state index contributed by atoms with van der Waals surface area (Å²) in [6, 6.07) is 7.82. The molecular weight excluding hydrogens is 368 g/mol. The predicted octanol–water partition coefficient (Wildman–Crippen LogP) is 2.00. The van der Waals surface area contributed by atoms with Gasteiger partial charge in [-0.3, -0.25) is 0 Å². The zero-order valence-electron chi connectivity index (χ0n) is 15.8. The average Bonchev–Trinajstić information content (AvgIpc) is 2.72. The highest BCUT2D eigenvalue weighted by Crippen LogP contribution is 2.17. The van der Waals surface area contributed by atoms with E-state index < -0.39 is 24.2 Å². The summed E-state index contributed by atoms with van der Waals surface area (Å²) < 4.78 is 15.3. The third-order valence-electron chi connectivity index (χ3n) is 4.46. The van der Waals surface area contributed by atoms with Crippen molar-refractivity contribution in [1.29, 1.82) is 0 Å². The number of methoxy groups -OCH3 is 1. The Kier molecular flexibility index (Phi) is 8.54. The first-order valence-corrected chi connectivity index (χ1v) is 9.13. The van der Waals surface area contributed by atoms with E-state index in [0.717, 1.165) is 18.4 Å². The van der Waals surface area contributed by atoms with Crippen LogP contribution in [0.25, 0.3) is 0 Å². The second kappa shape index (κ2) is 11.1. The minimum Gasteiger partial charge on any atom is -0.467 e. The van der Waals surface area contributed by atoms with Crippen molar-refractivity contribution in [3.63, 3.8) is 0 Å². The van der Waals surface area contributed by atoms with Crippen LogP contribution in [0.1, 0.15) is 24.8 Å². The highest BCUT2D eigenvalue weighted by molar-refractivity contribution is 5.81. The molecule has 9 heteroatoms. The number of benzene rings is 1. The number of carbonyl (C=O) groups excluding carboxylic acids is 2. The molecule has 1 fully saturated rings. The molecule has 2 rings (SSSR count). The number of carbonyl (C=O) groups is 3. The minimum absolute atomic E-state index is 0.0665. The SMILES string of the molecule is COC(=O)C(COCC1CCCCN1C(=O)O)NC(=O)OCc1ccccc1. The standard InChI is InChI=1S/C19H26N2O7/c1-26-17(22)16(20-18(23)28-11-14-7-3-2-4-8-14)13-27-12-15-9-5-6-10-21(15)19(24)25/h2-4,7-8,15-16H,5-6,9-13H2,1H3,(H,20,23)(H,24,25). The van der Waals surface area contributed by atoms with Gasteiger partial charge in [-0.05, 0) is 24.8 Å². The topological polar surface area (TPSA) is 114 Å². The molecule has 0 aliphatic carbocycles. The van der Waals surface area contributed by atoms with Crippen molar-refractivity contribution in [1.82, 2.24) is 10.2 Å². The first-order chi connectivity index (χ1) is 13.5. The fourth-order valence-electron chi connectivity index (χ4n) is 2.97. The summed E-state index contributed by atoms with van der Waals surface area (Å²) in [5.41, 5.74) is 0.814. The maximum atomic E-state index is 12.0. The van der Waals surface area contributed by atoms with Crippen molar-refractivity contribution >= 4 is 18.2 Å².